The van der Waals surface area contributed by atoms with Crippen LogP contribution < -0.4 is 4.90 Å². The van der Waals surface area contributed by atoms with Crippen molar-refractivity contribution >= 4 is 22.5 Å². The fraction of sp³-hybridized carbons (Fsp3) is 0.276. The molecular formula is C29H30N4O2. The Kier molecular flexibility index (Phi) is 6.73. The SMILES string of the molecule is CC(C)=CC(=O)CCc1ccc(-c2cc(-c3cccc4[nH]ncc34)nc(N3CCOCC3)c2)cc1. The minimum Gasteiger partial charge on any atom is -0.378 e. The summed E-state index contributed by atoms with van der Waals surface area (Å²) in [7, 11) is 0. The second kappa shape index (κ2) is 10.2. The highest BCUT2D eigenvalue weighted by Gasteiger charge is 2.17. The van der Waals surface area contributed by atoms with Gasteiger partial charge in [0.1, 0.15) is 5.82 Å². The zero-order valence-corrected chi connectivity index (χ0v) is 20.3. The van der Waals surface area contributed by atoms with Crippen LogP contribution in [0.1, 0.15) is 25.8 Å². The number of hydrogen-bond donors (Lipinski definition) is 1. The lowest BCUT2D eigenvalue weighted by molar-refractivity contribution is -0.114. The molecule has 1 aliphatic rings. The molecule has 6 heteroatoms. The average Bonchev–Trinajstić information content (AvgIpc) is 3.37. The van der Waals surface area contributed by atoms with E-state index in [9.17, 15) is 4.79 Å². The summed E-state index contributed by atoms with van der Waals surface area (Å²) in [6.07, 6.45) is 4.85. The number of H-pyrrole nitrogens is 1. The van der Waals surface area contributed by atoms with Crippen molar-refractivity contribution in [3.05, 3.63) is 78.0 Å². The molecule has 0 saturated carbocycles. The number of rotatable bonds is 7. The summed E-state index contributed by atoms with van der Waals surface area (Å²) in [4.78, 5) is 19.4. The standard InChI is InChI=1S/C29H30N4O2/c1-20(2)16-24(34)11-8-21-6-9-22(10-7-21)23-17-28(25-4-3-5-27-26(25)19-30-32-27)31-29(18-23)33-12-14-35-15-13-33/h3-7,9-10,16-19H,8,11-15H2,1-2H3,(H,30,32). The Morgan fingerprint density at radius 2 is 1.86 bits per heavy atom. The Morgan fingerprint density at radius 3 is 2.63 bits per heavy atom. The molecule has 0 amide bonds. The summed E-state index contributed by atoms with van der Waals surface area (Å²) in [6, 6.07) is 19.0. The number of morpholine rings is 1. The predicted molar refractivity (Wildman–Crippen MR) is 141 cm³/mol. The van der Waals surface area contributed by atoms with E-state index in [1.165, 1.54) is 0 Å². The Hall–Kier alpha value is -3.77. The molecule has 1 fully saturated rings. The van der Waals surface area contributed by atoms with Gasteiger partial charge < -0.3 is 9.64 Å². The predicted octanol–water partition coefficient (Wildman–Crippen LogP) is 5.60. The van der Waals surface area contributed by atoms with Crippen LogP contribution in [0.5, 0.6) is 0 Å². The summed E-state index contributed by atoms with van der Waals surface area (Å²) < 4.78 is 5.56. The first-order chi connectivity index (χ1) is 17.1. The quantitative estimate of drug-likeness (QED) is 0.359. The molecule has 0 spiro atoms. The van der Waals surface area contributed by atoms with Gasteiger partial charge in [0.2, 0.25) is 0 Å². The molecular weight excluding hydrogens is 436 g/mol. The highest BCUT2D eigenvalue weighted by Crippen LogP contribution is 2.33. The number of hydrogen-bond acceptors (Lipinski definition) is 5. The van der Waals surface area contributed by atoms with Crippen LogP contribution in [0.25, 0.3) is 33.3 Å². The van der Waals surface area contributed by atoms with Gasteiger partial charge in [-0.25, -0.2) is 4.98 Å². The summed E-state index contributed by atoms with van der Waals surface area (Å²) in [6.45, 7) is 6.97. The molecule has 1 aliphatic heterocycles. The van der Waals surface area contributed by atoms with Gasteiger partial charge in [0, 0.05) is 30.5 Å². The smallest absolute Gasteiger partial charge is 0.155 e. The molecule has 6 nitrogen and oxygen atoms in total. The third-order valence-corrected chi connectivity index (χ3v) is 6.30. The van der Waals surface area contributed by atoms with Gasteiger partial charge >= 0.3 is 0 Å². The molecule has 35 heavy (non-hydrogen) atoms. The van der Waals surface area contributed by atoms with Crippen molar-refractivity contribution in [2.45, 2.75) is 26.7 Å². The van der Waals surface area contributed by atoms with Gasteiger partial charge in [-0.2, -0.15) is 5.10 Å². The highest BCUT2D eigenvalue weighted by atomic mass is 16.5. The zero-order chi connectivity index (χ0) is 24.2. The number of carbonyl (C=O) groups excluding carboxylic acids is 1. The number of aromatic nitrogens is 3. The van der Waals surface area contributed by atoms with Crippen LogP contribution in [0.15, 0.2) is 72.4 Å². The topological polar surface area (TPSA) is 71.1 Å². The van der Waals surface area contributed by atoms with Crippen molar-refractivity contribution in [1.29, 1.82) is 0 Å². The van der Waals surface area contributed by atoms with Crippen molar-refractivity contribution in [3.63, 3.8) is 0 Å². The number of nitrogens with one attached hydrogen (secondary N) is 1. The lowest BCUT2D eigenvalue weighted by Crippen LogP contribution is -2.36. The maximum absolute atomic E-state index is 12.0. The van der Waals surface area contributed by atoms with E-state index in [1.54, 1.807) is 6.08 Å². The minimum atomic E-state index is 0.177. The van der Waals surface area contributed by atoms with Gasteiger partial charge in [0.25, 0.3) is 0 Å². The number of aryl methyl sites for hydroxylation is 1. The van der Waals surface area contributed by atoms with Gasteiger partial charge in [-0.1, -0.05) is 42.0 Å². The Bertz CT molecular complexity index is 1360. The first-order valence-corrected chi connectivity index (χ1v) is 12.1. The molecule has 0 atom stereocenters. The van der Waals surface area contributed by atoms with E-state index in [2.05, 4.69) is 57.6 Å². The van der Waals surface area contributed by atoms with Crippen LogP contribution >= 0.6 is 0 Å². The summed E-state index contributed by atoms with van der Waals surface area (Å²) >= 11 is 0. The number of carbonyl (C=O) groups is 1. The molecule has 4 aromatic rings. The lowest BCUT2D eigenvalue weighted by atomic mass is 9.99. The van der Waals surface area contributed by atoms with E-state index in [0.717, 1.165) is 69.8 Å². The molecule has 2 aromatic carbocycles. The highest BCUT2D eigenvalue weighted by molar-refractivity contribution is 5.94. The van der Waals surface area contributed by atoms with E-state index in [-0.39, 0.29) is 5.78 Å². The van der Waals surface area contributed by atoms with Crippen molar-refractivity contribution in [1.82, 2.24) is 15.2 Å². The van der Waals surface area contributed by atoms with Crippen molar-refractivity contribution in [2.75, 3.05) is 31.2 Å². The molecule has 0 bridgehead atoms. The van der Waals surface area contributed by atoms with E-state index in [1.807, 2.05) is 32.2 Å². The average molecular weight is 467 g/mol. The number of pyridine rings is 1. The zero-order valence-electron chi connectivity index (χ0n) is 20.3. The van der Waals surface area contributed by atoms with Crippen LogP contribution in [0, 0.1) is 0 Å². The molecule has 0 unspecified atom stereocenters. The molecule has 0 radical (unpaired) electrons. The van der Waals surface area contributed by atoms with Crippen LogP contribution in [0.4, 0.5) is 5.82 Å². The summed E-state index contributed by atoms with van der Waals surface area (Å²) in [5.41, 5.74) is 7.42. The van der Waals surface area contributed by atoms with Crippen LogP contribution in [-0.4, -0.2) is 47.3 Å². The number of ketones is 1. The number of benzene rings is 2. The van der Waals surface area contributed by atoms with E-state index in [0.29, 0.717) is 19.6 Å². The molecule has 178 valence electrons. The van der Waals surface area contributed by atoms with E-state index in [4.69, 9.17) is 9.72 Å². The fourth-order valence-electron chi connectivity index (χ4n) is 4.49. The Balaban J connectivity index is 1.48. The van der Waals surface area contributed by atoms with Crippen molar-refractivity contribution in [3.8, 4) is 22.4 Å². The maximum Gasteiger partial charge on any atom is 0.155 e. The fourth-order valence-corrected chi connectivity index (χ4v) is 4.49. The van der Waals surface area contributed by atoms with E-state index >= 15 is 0 Å². The monoisotopic (exact) mass is 466 g/mol. The maximum atomic E-state index is 12.0. The summed E-state index contributed by atoms with van der Waals surface area (Å²) in [5.74, 6) is 1.13. The van der Waals surface area contributed by atoms with Gasteiger partial charge in [0.15, 0.2) is 5.78 Å². The first-order valence-electron chi connectivity index (χ1n) is 12.1. The largest absolute Gasteiger partial charge is 0.378 e. The van der Waals surface area contributed by atoms with Gasteiger partial charge in [-0.15, -0.1) is 0 Å². The molecule has 0 aliphatic carbocycles. The second-order valence-electron chi connectivity index (χ2n) is 9.22. The van der Waals surface area contributed by atoms with Crippen LogP contribution in [0.2, 0.25) is 0 Å². The molecule has 2 aromatic heterocycles. The van der Waals surface area contributed by atoms with Crippen molar-refractivity contribution in [2.24, 2.45) is 0 Å². The number of allylic oxidation sites excluding steroid dienone is 2. The van der Waals surface area contributed by atoms with Crippen molar-refractivity contribution < 1.29 is 9.53 Å². The van der Waals surface area contributed by atoms with Crippen LogP contribution in [0.3, 0.4) is 0 Å². The number of fused-ring (bicyclic) bond motifs is 1. The van der Waals surface area contributed by atoms with Gasteiger partial charge in [0.05, 0.1) is 30.6 Å². The number of aromatic amines is 1. The molecule has 5 rings (SSSR count). The Morgan fingerprint density at radius 1 is 1.06 bits per heavy atom. The molecule has 1 saturated heterocycles. The molecule has 1 N–H and O–H groups in total. The van der Waals surface area contributed by atoms with Gasteiger partial charge in [-0.3, -0.25) is 9.89 Å². The Labute approximate surface area is 205 Å². The third-order valence-electron chi connectivity index (χ3n) is 6.30. The van der Waals surface area contributed by atoms with E-state index < -0.39 is 0 Å². The van der Waals surface area contributed by atoms with Crippen LogP contribution in [-0.2, 0) is 16.0 Å². The molecule has 3 heterocycles. The number of anilines is 1. The van der Waals surface area contributed by atoms with Gasteiger partial charge in [-0.05, 0) is 61.2 Å². The summed E-state index contributed by atoms with van der Waals surface area (Å²) in [5, 5.41) is 8.34. The normalized spacial score (nSPS) is 13.7. The number of nitrogens with zero attached hydrogens (tertiary/aromatic N) is 3. The first kappa shape index (κ1) is 23.0. The third kappa shape index (κ3) is 5.33. The number of ether oxygens (including phenoxy) is 1. The lowest BCUT2D eigenvalue weighted by Gasteiger charge is -2.28. The second-order valence-corrected chi connectivity index (χ2v) is 9.22. The minimum absolute atomic E-state index is 0.177.